The Kier molecular flexibility index (Phi) is 6.87. The Morgan fingerprint density at radius 3 is 2.57 bits per heavy atom. The average molecular weight is 321 g/mol. The molecule has 1 aliphatic rings. The molecule has 1 heterocycles. The van der Waals surface area contributed by atoms with Crippen LogP contribution in [0.25, 0.3) is 0 Å². The number of hydrogen-bond donors (Lipinski definition) is 2. The van der Waals surface area contributed by atoms with E-state index in [1.54, 1.807) is 24.3 Å². The molecule has 2 N–H and O–H groups in total. The Hall–Kier alpha value is -2.08. The maximum absolute atomic E-state index is 12.0. The van der Waals surface area contributed by atoms with Gasteiger partial charge in [-0.05, 0) is 49.4 Å². The lowest BCUT2D eigenvalue weighted by atomic mass is 9.96. The molecular formula is C17H23NO5. The predicted octanol–water partition coefficient (Wildman–Crippen LogP) is 2.69. The molecule has 6 heteroatoms. The van der Waals surface area contributed by atoms with E-state index in [9.17, 15) is 9.59 Å². The number of carbonyl (C=O) groups excluding carboxylic acids is 1. The highest BCUT2D eigenvalue weighted by Crippen LogP contribution is 2.20. The number of nitrogens with one attached hydrogen (secondary N) is 1. The molecule has 0 aliphatic carbocycles. The topological polar surface area (TPSA) is 84.9 Å². The number of carbonyl (C=O) groups is 2. The van der Waals surface area contributed by atoms with Crippen LogP contribution in [0, 0.1) is 5.92 Å². The number of rotatable bonds is 8. The van der Waals surface area contributed by atoms with E-state index in [0.717, 1.165) is 31.7 Å². The molecule has 1 aromatic rings. The molecule has 0 saturated carbocycles. The first kappa shape index (κ1) is 17.3. The second-order valence-electron chi connectivity index (χ2n) is 5.68. The molecule has 0 bridgehead atoms. The molecule has 1 aliphatic heterocycles. The first-order chi connectivity index (χ1) is 11.1. The first-order valence-electron chi connectivity index (χ1n) is 7.96. The van der Waals surface area contributed by atoms with Crippen LogP contribution < -0.4 is 10.1 Å². The quantitative estimate of drug-likeness (QED) is 0.719. The third-order valence-corrected chi connectivity index (χ3v) is 3.76. The predicted molar refractivity (Wildman–Crippen MR) is 85.6 cm³/mol. The van der Waals surface area contributed by atoms with Crippen molar-refractivity contribution in [2.24, 2.45) is 5.92 Å². The zero-order valence-electron chi connectivity index (χ0n) is 13.1. The third-order valence-electron chi connectivity index (χ3n) is 3.76. The van der Waals surface area contributed by atoms with Crippen molar-refractivity contribution in [2.45, 2.75) is 32.1 Å². The van der Waals surface area contributed by atoms with E-state index >= 15 is 0 Å². The zero-order chi connectivity index (χ0) is 16.5. The second-order valence-corrected chi connectivity index (χ2v) is 5.68. The van der Waals surface area contributed by atoms with Crippen LogP contribution in [0.3, 0.4) is 0 Å². The van der Waals surface area contributed by atoms with Crippen LogP contribution in [0.4, 0.5) is 5.69 Å². The van der Waals surface area contributed by atoms with E-state index in [2.05, 4.69) is 5.32 Å². The summed E-state index contributed by atoms with van der Waals surface area (Å²) in [6.45, 7) is 1.85. The van der Waals surface area contributed by atoms with Crippen LogP contribution in [0.1, 0.15) is 32.1 Å². The molecule has 0 aromatic heterocycles. The molecule has 1 amide bonds. The summed E-state index contributed by atoms with van der Waals surface area (Å²) in [7, 11) is 0. The smallest absolute Gasteiger partial charge is 0.303 e. The lowest BCUT2D eigenvalue weighted by Crippen LogP contribution is -2.22. The number of ether oxygens (including phenoxy) is 2. The van der Waals surface area contributed by atoms with Crippen LogP contribution in [0.15, 0.2) is 24.3 Å². The van der Waals surface area contributed by atoms with E-state index < -0.39 is 5.97 Å². The molecule has 2 rings (SSSR count). The lowest BCUT2D eigenvalue weighted by Gasteiger charge is -2.21. The van der Waals surface area contributed by atoms with Crippen molar-refractivity contribution in [2.75, 3.05) is 25.1 Å². The van der Waals surface area contributed by atoms with Gasteiger partial charge in [-0.15, -0.1) is 0 Å². The summed E-state index contributed by atoms with van der Waals surface area (Å²) < 4.78 is 10.7. The van der Waals surface area contributed by atoms with Gasteiger partial charge in [0, 0.05) is 31.7 Å². The van der Waals surface area contributed by atoms with Gasteiger partial charge in [0.05, 0.1) is 6.61 Å². The second kappa shape index (κ2) is 9.15. The Balaban J connectivity index is 1.71. The number of aliphatic carboxylic acids is 1. The number of hydrogen-bond acceptors (Lipinski definition) is 4. The minimum Gasteiger partial charge on any atom is -0.494 e. The molecule has 1 saturated heterocycles. The first-order valence-corrected chi connectivity index (χ1v) is 7.96. The van der Waals surface area contributed by atoms with Gasteiger partial charge in [0.2, 0.25) is 5.91 Å². The minimum absolute atomic E-state index is 0.0204. The largest absolute Gasteiger partial charge is 0.494 e. The van der Waals surface area contributed by atoms with Crippen molar-refractivity contribution in [1.82, 2.24) is 0 Å². The van der Waals surface area contributed by atoms with Crippen LogP contribution in [0.5, 0.6) is 5.75 Å². The maximum atomic E-state index is 12.0. The lowest BCUT2D eigenvalue weighted by molar-refractivity contribution is -0.137. The highest BCUT2D eigenvalue weighted by Gasteiger charge is 2.17. The fraction of sp³-hybridized carbons (Fsp3) is 0.529. The molecule has 23 heavy (non-hydrogen) atoms. The number of benzene rings is 1. The number of carboxylic acid groups (broad SMARTS) is 1. The highest BCUT2D eigenvalue weighted by atomic mass is 16.5. The van der Waals surface area contributed by atoms with Gasteiger partial charge in [-0.25, -0.2) is 0 Å². The van der Waals surface area contributed by atoms with Crippen molar-refractivity contribution in [1.29, 1.82) is 0 Å². The minimum atomic E-state index is -0.823. The zero-order valence-corrected chi connectivity index (χ0v) is 13.1. The van der Waals surface area contributed by atoms with Crippen LogP contribution in [-0.2, 0) is 14.3 Å². The van der Waals surface area contributed by atoms with E-state index in [-0.39, 0.29) is 12.3 Å². The molecule has 1 fully saturated rings. The average Bonchev–Trinajstić information content (AvgIpc) is 2.54. The van der Waals surface area contributed by atoms with Gasteiger partial charge in [-0.1, -0.05) is 0 Å². The molecule has 6 nitrogen and oxygen atoms in total. The summed E-state index contributed by atoms with van der Waals surface area (Å²) >= 11 is 0. The monoisotopic (exact) mass is 321 g/mol. The molecule has 0 spiro atoms. The van der Waals surface area contributed by atoms with Crippen LogP contribution in [-0.4, -0.2) is 36.8 Å². The number of amides is 1. The van der Waals surface area contributed by atoms with Crippen LogP contribution >= 0.6 is 0 Å². The third kappa shape index (κ3) is 6.69. The Morgan fingerprint density at radius 2 is 1.91 bits per heavy atom. The van der Waals surface area contributed by atoms with Crippen molar-refractivity contribution >= 4 is 17.6 Å². The summed E-state index contributed by atoms with van der Waals surface area (Å²) in [5.74, 6) is 0.265. The van der Waals surface area contributed by atoms with Gasteiger partial charge in [-0.3, -0.25) is 9.59 Å². The van der Waals surface area contributed by atoms with Crippen molar-refractivity contribution in [3.8, 4) is 5.75 Å². The number of anilines is 1. The molecule has 0 radical (unpaired) electrons. The van der Waals surface area contributed by atoms with Crippen LogP contribution in [0.2, 0.25) is 0 Å². The van der Waals surface area contributed by atoms with E-state index in [1.165, 1.54) is 0 Å². The Labute approximate surface area is 135 Å². The molecule has 0 unspecified atom stereocenters. The molecule has 0 atom stereocenters. The summed E-state index contributed by atoms with van der Waals surface area (Å²) in [5, 5.41) is 11.4. The summed E-state index contributed by atoms with van der Waals surface area (Å²) in [6, 6.07) is 7.11. The fourth-order valence-electron chi connectivity index (χ4n) is 2.47. The Bertz CT molecular complexity index is 508. The summed E-state index contributed by atoms with van der Waals surface area (Å²) in [5.41, 5.74) is 0.736. The van der Waals surface area contributed by atoms with Crippen molar-refractivity contribution in [3.05, 3.63) is 24.3 Å². The summed E-state index contributed by atoms with van der Waals surface area (Å²) in [4.78, 5) is 22.4. The van der Waals surface area contributed by atoms with Gasteiger partial charge in [-0.2, -0.15) is 0 Å². The summed E-state index contributed by atoms with van der Waals surface area (Å²) in [6.07, 6.45) is 2.98. The van der Waals surface area contributed by atoms with Crippen molar-refractivity contribution in [3.63, 3.8) is 0 Å². The highest BCUT2D eigenvalue weighted by molar-refractivity contribution is 5.90. The molecular weight excluding hydrogens is 298 g/mol. The Morgan fingerprint density at radius 1 is 1.22 bits per heavy atom. The van der Waals surface area contributed by atoms with Gasteiger partial charge < -0.3 is 19.9 Å². The molecule has 126 valence electrons. The maximum Gasteiger partial charge on any atom is 0.303 e. The van der Waals surface area contributed by atoms with Gasteiger partial charge >= 0.3 is 5.97 Å². The fourth-order valence-corrected chi connectivity index (χ4v) is 2.47. The SMILES string of the molecule is O=C(O)CCCOc1ccc(NC(=O)CC2CCOCC2)cc1. The van der Waals surface area contributed by atoms with E-state index in [4.69, 9.17) is 14.6 Å². The molecule has 1 aromatic carbocycles. The normalized spacial score (nSPS) is 15.1. The van der Waals surface area contributed by atoms with Gasteiger partial charge in [0.15, 0.2) is 0 Å². The van der Waals surface area contributed by atoms with Crippen molar-refractivity contribution < 1.29 is 24.2 Å². The number of carboxylic acids is 1. The standard InChI is InChI=1S/C17H23NO5/c19-16(12-13-7-10-22-11-8-13)18-14-3-5-15(6-4-14)23-9-1-2-17(20)21/h3-6,13H,1-2,7-12H2,(H,18,19)(H,20,21). The van der Waals surface area contributed by atoms with Gasteiger partial charge in [0.1, 0.15) is 5.75 Å². The van der Waals surface area contributed by atoms with Gasteiger partial charge in [0.25, 0.3) is 0 Å². The van der Waals surface area contributed by atoms with E-state index in [0.29, 0.717) is 31.1 Å². The van der Waals surface area contributed by atoms with E-state index in [1.807, 2.05) is 0 Å².